The standard InChI is InChI=1S/C16H21N5/c1-12-6-7-13(2)14(10-12)18-15-11-17-20-16(19-15)21-8-4-3-5-9-21/h6-7,10-11H,3-5,8-9H2,1-2H3,(H,18,19,20). The summed E-state index contributed by atoms with van der Waals surface area (Å²) >= 11 is 0. The lowest BCUT2D eigenvalue weighted by Gasteiger charge is -2.26. The van der Waals surface area contributed by atoms with Gasteiger partial charge in [-0.05, 0) is 50.3 Å². The normalized spacial score (nSPS) is 15.0. The minimum atomic E-state index is 0.727. The summed E-state index contributed by atoms with van der Waals surface area (Å²) in [6, 6.07) is 6.34. The number of nitrogens with zero attached hydrogens (tertiary/aromatic N) is 4. The average Bonchev–Trinajstić information content (AvgIpc) is 2.52. The van der Waals surface area contributed by atoms with Crippen molar-refractivity contribution in [3.05, 3.63) is 35.5 Å². The number of anilines is 3. The highest BCUT2D eigenvalue weighted by molar-refractivity contribution is 5.61. The van der Waals surface area contributed by atoms with Crippen LogP contribution in [-0.2, 0) is 0 Å². The van der Waals surface area contributed by atoms with Gasteiger partial charge in [0.2, 0.25) is 5.95 Å². The summed E-state index contributed by atoms with van der Waals surface area (Å²) in [7, 11) is 0. The summed E-state index contributed by atoms with van der Waals surface area (Å²) in [5.74, 6) is 1.48. The van der Waals surface area contributed by atoms with E-state index in [0.29, 0.717) is 0 Å². The van der Waals surface area contributed by atoms with Crippen LogP contribution in [0.1, 0.15) is 30.4 Å². The van der Waals surface area contributed by atoms with Gasteiger partial charge in [-0.15, -0.1) is 5.10 Å². The Kier molecular flexibility index (Phi) is 3.99. The lowest BCUT2D eigenvalue weighted by molar-refractivity contribution is 0.565. The summed E-state index contributed by atoms with van der Waals surface area (Å²) in [6.07, 6.45) is 5.38. The highest BCUT2D eigenvalue weighted by Crippen LogP contribution is 2.22. The van der Waals surface area contributed by atoms with Crippen LogP contribution in [0.4, 0.5) is 17.5 Å². The zero-order chi connectivity index (χ0) is 14.7. The van der Waals surface area contributed by atoms with Gasteiger partial charge in [-0.25, -0.2) is 0 Å². The first kappa shape index (κ1) is 13.8. The number of hydrogen-bond acceptors (Lipinski definition) is 5. The molecule has 21 heavy (non-hydrogen) atoms. The Morgan fingerprint density at radius 3 is 2.71 bits per heavy atom. The zero-order valence-corrected chi connectivity index (χ0v) is 12.6. The zero-order valence-electron chi connectivity index (χ0n) is 12.6. The lowest BCUT2D eigenvalue weighted by atomic mass is 10.1. The van der Waals surface area contributed by atoms with Crippen LogP contribution in [0.2, 0.25) is 0 Å². The molecule has 5 nitrogen and oxygen atoms in total. The number of piperidine rings is 1. The van der Waals surface area contributed by atoms with Crippen LogP contribution in [0, 0.1) is 13.8 Å². The predicted molar refractivity (Wildman–Crippen MR) is 85.1 cm³/mol. The van der Waals surface area contributed by atoms with Gasteiger partial charge in [0.1, 0.15) is 0 Å². The van der Waals surface area contributed by atoms with Crippen molar-refractivity contribution in [2.75, 3.05) is 23.3 Å². The molecule has 0 bridgehead atoms. The SMILES string of the molecule is Cc1ccc(C)c(Nc2cnnc(N3CCCCC3)n2)c1. The third-order valence-electron chi connectivity index (χ3n) is 3.84. The number of aryl methyl sites for hydroxylation is 2. The Balaban J connectivity index is 1.81. The van der Waals surface area contributed by atoms with Gasteiger partial charge < -0.3 is 10.2 Å². The molecule has 2 aromatic rings. The summed E-state index contributed by atoms with van der Waals surface area (Å²) in [6.45, 7) is 6.22. The Morgan fingerprint density at radius 1 is 1.10 bits per heavy atom. The van der Waals surface area contributed by atoms with Crippen LogP contribution in [0.5, 0.6) is 0 Å². The van der Waals surface area contributed by atoms with Crippen LogP contribution in [0.15, 0.2) is 24.4 Å². The second-order valence-corrected chi connectivity index (χ2v) is 5.63. The summed E-state index contributed by atoms with van der Waals surface area (Å²) in [4.78, 5) is 6.82. The third kappa shape index (κ3) is 3.29. The van der Waals surface area contributed by atoms with Crippen LogP contribution >= 0.6 is 0 Å². The first-order valence-electron chi connectivity index (χ1n) is 7.51. The van der Waals surface area contributed by atoms with E-state index in [2.05, 4.69) is 57.4 Å². The van der Waals surface area contributed by atoms with Crippen molar-refractivity contribution in [1.29, 1.82) is 0 Å². The van der Waals surface area contributed by atoms with Crippen LogP contribution in [0.25, 0.3) is 0 Å². The molecule has 0 spiro atoms. The predicted octanol–water partition coefficient (Wildman–Crippen LogP) is 3.22. The first-order chi connectivity index (χ1) is 10.2. The Labute approximate surface area is 125 Å². The maximum absolute atomic E-state index is 4.60. The molecule has 0 saturated carbocycles. The van der Waals surface area contributed by atoms with Gasteiger partial charge in [-0.3, -0.25) is 0 Å². The maximum atomic E-state index is 4.60. The smallest absolute Gasteiger partial charge is 0.247 e. The highest BCUT2D eigenvalue weighted by Gasteiger charge is 2.14. The second-order valence-electron chi connectivity index (χ2n) is 5.63. The van der Waals surface area contributed by atoms with Gasteiger partial charge in [0.25, 0.3) is 0 Å². The molecule has 1 aromatic heterocycles. The van der Waals surface area contributed by atoms with E-state index in [1.165, 1.54) is 30.4 Å². The third-order valence-corrected chi connectivity index (χ3v) is 3.84. The number of aromatic nitrogens is 3. The van der Waals surface area contributed by atoms with E-state index in [9.17, 15) is 0 Å². The van der Waals surface area contributed by atoms with Gasteiger partial charge in [0.15, 0.2) is 5.82 Å². The summed E-state index contributed by atoms with van der Waals surface area (Å²) in [5.41, 5.74) is 3.49. The average molecular weight is 283 g/mol. The van der Waals surface area contributed by atoms with Gasteiger partial charge in [0.05, 0.1) is 6.20 Å². The fourth-order valence-corrected chi connectivity index (χ4v) is 2.59. The maximum Gasteiger partial charge on any atom is 0.247 e. The van der Waals surface area contributed by atoms with E-state index in [1.54, 1.807) is 6.20 Å². The molecule has 5 heteroatoms. The molecule has 1 N–H and O–H groups in total. The molecule has 110 valence electrons. The van der Waals surface area contributed by atoms with Gasteiger partial charge in [0, 0.05) is 18.8 Å². The molecule has 0 aliphatic carbocycles. The molecule has 2 heterocycles. The van der Waals surface area contributed by atoms with E-state index >= 15 is 0 Å². The largest absolute Gasteiger partial charge is 0.339 e. The monoisotopic (exact) mass is 283 g/mol. The van der Waals surface area contributed by atoms with E-state index < -0.39 is 0 Å². The minimum absolute atomic E-state index is 0.727. The number of rotatable bonds is 3. The molecule has 0 atom stereocenters. The molecular weight excluding hydrogens is 262 g/mol. The molecule has 1 fully saturated rings. The number of benzene rings is 1. The summed E-state index contributed by atoms with van der Waals surface area (Å²) < 4.78 is 0. The topological polar surface area (TPSA) is 53.9 Å². The van der Waals surface area contributed by atoms with Crippen LogP contribution in [0.3, 0.4) is 0 Å². The fraction of sp³-hybridized carbons (Fsp3) is 0.438. The van der Waals surface area contributed by atoms with Gasteiger partial charge >= 0.3 is 0 Å². The van der Waals surface area contributed by atoms with Crippen molar-refractivity contribution in [1.82, 2.24) is 15.2 Å². The molecule has 1 saturated heterocycles. The summed E-state index contributed by atoms with van der Waals surface area (Å²) in [5, 5.41) is 11.6. The number of nitrogens with one attached hydrogen (secondary N) is 1. The van der Waals surface area contributed by atoms with E-state index in [0.717, 1.165) is 30.5 Å². The quantitative estimate of drug-likeness (QED) is 0.937. The first-order valence-corrected chi connectivity index (χ1v) is 7.51. The minimum Gasteiger partial charge on any atom is -0.339 e. The van der Waals surface area contributed by atoms with Gasteiger partial charge in [-0.2, -0.15) is 10.1 Å². The van der Waals surface area contributed by atoms with E-state index in [-0.39, 0.29) is 0 Å². The van der Waals surface area contributed by atoms with E-state index in [4.69, 9.17) is 0 Å². The van der Waals surface area contributed by atoms with Crippen molar-refractivity contribution in [3.8, 4) is 0 Å². The van der Waals surface area contributed by atoms with Crippen LogP contribution in [-0.4, -0.2) is 28.3 Å². The molecule has 3 rings (SSSR count). The van der Waals surface area contributed by atoms with Crippen molar-refractivity contribution < 1.29 is 0 Å². The molecule has 0 radical (unpaired) electrons. The van der Waals surface area contributed by atoms with Gasteiger partial charge in [-0.1, -0.05) is 12.1 Å². The molecule has 1 aromatic carbocycles. The number of hydrogen-bond donors (Lipinski definition) is 1. The van der Waals surface area contributed by atoms with E-state index in [1.807, 2.05) is 0 Å². The van der Waals surface area contributed by atoms with Crippen molar-refractivity contribution in [2.24, 2.45) is 0 Å². The van der Waals surface area contributed by atoms with Crippen LogP contribution < -0.4 is 10.2 Å². The fourth-order valence-electron chi connectivity index (χ4n) is 2.59. The van der Waals surface area contributed by atoms with Crippen molar-refractivity contribution in [3.63, 3.8) is 0 Å². The second kappa shape index (κ2) is 6.08. The Morgan fingerprint density at radius 2 is 1.90 bits per heavy atom. The molecule has 0 amide bonds. The Bertz CT molecular complexity index is 620. The molecule has 1 aliphatic rings. The highest BCUT2D eigenvalue weighted by atomic mass is 15.3. The van der Waals surface area contributed by atoms with Crippen molar-refractivity contribution in [2.45, 2.75) is 33.1 Å². The van der Waals surface area contributed by atoms with Crippen molar-refractivity contribution >= 4 is 17.5 Å². The lowest BCUT2D eigenvalue weighted by Crippen LogP contribution is -2.31. The molecular formula is C16H21N5. The Hall–Kier alpha value is -2.17. The molecule has 1 aliphatic heterocycles. The molecule has 0 unspecified atom stereocenters.